The van der Waals surface area contributed by atoms with Crippen molar-refractivity contribution in [3.8, 4) is 17.2 Å². The molecule has 12 heteroatoms. The third-order valence-electron chi connectivity index (χ3n) is 6.63. The maximum atomic E-state index is 13.9. The molecule has 0 aliphatic heterocycles. The molecule has 0 aliphatic rings. The number of aliphatic carboxylic acids is 1. The lowest BCUT2D eigenvalue weighted by molar-refractivity contribution is -0.274. The van der Waals surface area contributed by atoms with Crippen LogP contribution in [0.4, 0.5) is 18.9 Å². The lowest BCUT2D eigenvalue weighted by Gasteiger charge is -2.28. The maximum absolute atomic E-state index is 13.9. The van der Waals surface area contributed by atoms with Crippen molar-refractivity contribution in [1.29, 1.82) is 0 Å². The maximum Gasteiger partial charge on any atom is 0.573 e. The van der Waals surface area contributed by atoms with E-state index in [0.29, 0.717) is 41.2 Å². The Morgan fingerprint density at radius 3 is 2.07 bits per heavy atom. The van der Waals surface area contributed by atoms with Crippen LogP contribution in [0.15, 0.2) is 66.7 Å². The van der Waals surface area contributed by atoms with Gasteiger partial charge in [0, 0.05) is 23.9 Å². The van der Waals surface area contributed by atoms with Gasteiger partial charge < -0.3 is 30.0 Å². The summed E-state index contributed by atoms with van der Waals surface area (Å²) >= 11 is 0. The molecule has 0 aromatic heterocycles. The fourth-order valence-corrected chi connectivity index (χ4v) is 4.68. The first kappa shape index (κ1) is 32.8. The number of carbonyl (C=O) groups is 3. The normalized spacial score (nSPS) is 12.5. The minimum Gasteiger partial charge on any atom is -0.493 e. The summed E-state index contributed by atoms with van der Waals surface area (Å²) in [6.07, 6.45) is -3.86. The van der Waals surface area contributed by atoms with E-state index in [1.165, 1.54) is 26.4 Å². The van der Waals surface area contributed by atoms with Gasteiger partial charge in [0.1, 0.15) is 5.75 Å². The molecule has 3 aromatic rings. The standard InChI is InChI=1S/C31H33F3N2O7/c1-4-5-24(19-6-8-21(9-7-19)29(39)35-17-16-27(37)38)28(20-10-13-23(14-11-20)43-31(32,33)34)30(40)36-22-12-15-25(41-2)26(18-22)42-3/h6-15,18,24,28H,4-5,16-17H2,1-3H3,(H,35,39)(H,36,40)(H,37,38)/t24?,28-/m0/s1. The lowest BCUT2D eigenvalue weighted by atomic mass is 9.78. The summed E-state index contributed by atoms with van der Waals surface area (Å²) in [6.45, 7) is 1.92. The minimum atomic E-state index is -4.86. The van der Waals surface area contributed by atoms with E-state index in [9.17, 15) is 27.6 Å². The van der Waals surface area contributed by atoms with Gasteiger partial charge in [-0.2, -0.15) is 0 Å². The zero-order valence-electron chi connectivity index (χ0n) is 23.9. The summed E-state index contributed by atoms with van der Waals surface area (Å²) in [4.78, 5) is 37.1. The van der Waals surface area contributed by atoms with Crippen molar-refractivity contribution >= 4 is 23.5 Å². The summed E-state index contributed by atoms with van der Waals surface area (Å²) in [5.41, 5.74) is 1.92. The summed E-state index contributed by atoms with van der Waals surface area (Å²) in [6, 6.07) is 16.6. The molecule has 230 valence electrons. The van der Waals surface area contributed by atoms with Crippen molar-refractivity contribution in [3.05, 3.63) is 83.4 Å². The Bertz CT molecular complexity index is 1390. The molecule has 9 nitrogen and oxygen atoms in total. The van der Waals surface area contributed by atoms with E-state index in [2.05, 4.69) is 15.4 Å². The highest BCUT2D eigenvalue weighted by molar-refractivity contribution is 5.97. The molecule has 0 saturated heterocycles. The van der Waals surface area contributed by atoms with Gasteiger partial charge in [0.05, 0.1) is 26.6 Å². The van der Waals surface area contributed by atoms with Gasteiger partial charge in [-0.3, -0.25) is 14.4 Å². The number of ether oxygens (including phenoxy) is 3. The van der Waals surface area contributed by atoms with Gasteiger partial charge in [-0.25, -0.2) is 0 Å². The number of hydrogen-bond donors (Lipinski definition) is 3. The predicted molar refractivity (Wildman–Crippen MR) is 153 cm³/mol. The monoisotopic (exact) mass is 602 g/mol. The quantitative estimate of drug-likeness (QED) is 0.203. The van der Waals surface area contributed by atoms with E-state index in [-0.39, 0.29) is 13.0 Å². The van der Waals surface area contributed by atoms with Gasteiger partial charge in [-0.15, -0.1) is 13.2 Å². The largest absolute Gasteiger partial charge is 0.573 e. The number of hydrogen-bond acceptors (Lipinski definition) is 6. The number of alkyl halides is 3. The minimum absolute atomic E-state index is 0.0270. The molecule has 3 aromatic carbocycles. The molecule has 0 heterocycles. The number of rotatable bonds is 14. The molecule has 3 N–H and O–H groups in total. The van der Waals surface area contributed by atoms with Crippen LogP contribution in [0.2, 0.25) is 0 Å². The van der Waals surface area contributed by atoms with E-state index in [0.717, 1.165) is 17.7 Å². The van der Waals surface area contributed by atoms with Gasteiger partial charge in [-0.05, 0) is 59.9 Å². The molecule has 0 radical (unpaired) electrons. The van der Waals surface area contributed by atoms with Gasteiger partial charge in [0.2, 0.25) is 5.91 Å². The van der Waals surface area contributed by atoms with Crippen molar-refractivity contribution in [2.75, 3.05) is 26.1 Å². The van der Waals surface area contributed by atoms with Crippen LogP contribution in [0.5, 0.6) is 17.2 Å². The van der Waals surface area contributed by atoms with E-state index in [4.69, 9.17) is 14.6 Å². The van der Waals surface area contributed by atoms with Crippen molar-refractivity contribution in [1.82, 2.24) is 5.32 Å². The van der Waals surface area contributed by atoms with E-state index in [1.807, 2.05) is 6.92 Å². The van der Waals surface area contributed by atoms with Crippen LogP contribution >= 0.6 is 0 Å². The number of carbonyl (C=O) groups excluding carboxylic acids is 2. The summed E-state index contributed by atoms with van der Waals surface area (Å²) in [5.74, 6) is -2.71. The molecule has 0 saturated carbocycles. The van der Waals surface area contributed by atoms with Gasteiger partial charge >= 0.3 is 12.3 Å². The average molecular weight is 603 g/mol. The summed E-state index contributed by atoms with van der Waals surface area (Å²) in [7, 11) is 2.95. The van der Waals surface area contributed by atoms with Crippen LogP contribution in [0.1, 0.15) is 59.5 Å². The SMILES string of the molecule is CCCC(c1ccc(C(=O)NCCC(=O)O)cc1)[C@@H](C(=O)Nc1ccc(OC)c(OC)c1)c1ccc(OC(F)(F)F)cc1. The summed E-state index contributed by atoms with van der Waals surface area (Å²) < 4.78 is 52.9. The number of methoxy groups -OCH3 is 2. The fourth-order valence-electron chi connectivity index (χ4n) is 4.68. The Morgan fingerprint density at radius 1 is 0.884 bits per heavy atom. The van der Waals surface area contributed by atoms with Crippen molar-refractivity contribution in [2.45, 2.75) is 44.4 Å². The summed E-state index contributed by atoms with van der Waals surface area (Å²) in [5, 5.41) is 14.2. The Morgan fingerprint density at radius 2 is 1.51 bits per heavy atom. The molecule has 0 bridgehead atoms. The fraction of sp³-hybridized carbons (Fsp3) is 0.323. The van der Waals surface area contributed by atoms with Crippen LogP contribution in [0.3, 0.4) is 0 Å². The van der Waals surface area contributed by atoms with Crippen molar-refractivity contribution in [2.24, 2.45) is 0 Å². The first-order valence-corrected chi connectivity index (χ1v) is 13.4. The van der Waals surface area contributed by atoms with Crippen LogP contribution in [-0.4, -0.2) is 50.0 Å². The third kappa shape index (κ3) is 9.38. The zero-order chi connectivity index (χ0) is 31.6. The van der Waals surface area contributed by atoms with Crippen LogP contribution < -0.4 is 24.8 Å². The molecular formula is C31H33F3N2O7. The number of carboxylic acids is 1. The van der Waals surface area contributed by atoms with Crippen molar-refractivity contribution < 1.29 is 46.9 Å². The highest BCUT2D eigenvalue weighted by Crippen LogP contribution is 2.39. The van der Waals surface area contributed by atoms with Gasteiger partial charge in [0.15, 0.2) is 11.5 Å². The molecule has 3 rings (SSSR count). The topological polar surface area (TPSA) is 123 Å². The number of anilines is 1. The predicted octanol–water partition coefficient (Wildman–Crippen LogP) is 6.11. The first-order chi connectivity index (χ1) is 20.4. The van der Waals surface area contributed by atoms with E-state index in [1.54, 1.807) is 42.5 Å². The Labute approximate surface area is 247 Å². The lowest BCUT2D eigenvalue weighted by Crippen LogP contribution is -2.27. The third-order valence-corrected chi connectivity index (χ3v) is 6.63. The zero-order valence-corrected chi connectivity index (χ0v) is 23.9. The number of nitrogens with one attached hydrogen (secondary N) is 2. The second kappa shape index (κ2) is 14.9. The molecule has 2 atom stereocenters. The Hall–Kier alpha value is -4.74. The second-order valence-electron chi connectivity index (χ2n) is 9.57. The molecular weight excluding hydrogens is 569 g/mol. The number of benzene rings is 3. The number of carboxylic acid groups (broad SMARTS) is 1. The average Bonchev–Trinajstić information content (AvgIpc) is 2.96. The molecule has 1 unspecified atom stereocenters. The highest BCUT2D eigenvalue weighted by atomic mass is 19.4. The molecule has 0 spiro atoms. The Balaban J connectivity index is 1.97. The van der Waals surface area contributed by atoms with Crippen molar-refractivity contribution in [3.63, 3.8) is 0 Å². The molecule has 43 heavy (non-hydrogen) atoms. The van der Waals surface area contributed by atoms with Crippen LogP contribution in [-0.2, 0) is 9.59 Å². The van der Waals surface area contributed by atoms with Crippen LogP contribution in [0, 0.1) is 0 Å². The molecule has 0 fully saturated rings. The smallest absolute Gasteiger partial charge is 0.493 e. The molecule has 0 aliphatic carbocycles. The number of amides is 2. The number of halogens is 3. The highest BCUT2D eigenvalue weighted by Gasteiger charge is 2.33. The first-order valence-electron chi connectivity index (χ1n) is 13.4. The van der Waals surface area contributed by atoms with Gasteiger partial charge in [0.25, 0.3) is 5.91 Å². The second-order valence-corrected chi connectivity index (χ2v) is 9.57. The van der Waals surface area contributed by atoms with E-state index >= 15 is 0 Å². The van der Waals surface area contributed by atoms with Gasteiger partial charge in [-0.1, -0.05) is 37.6 Å². The van der Waals surface area contributed by atoms with E-state index < -0.39 is 41.7 Å². The Kier molecular flexibility index (Phi) is 11.4. The molecule has 2 amide bonds. The van der Waals surface area contributed by atoms with Crippen LogP contribution in [0.25, 0.3) is 0 Å².